The van der Waals surface area contributed by atoms with E-state index in [9.17, 15) is 19.5 Å². The summed E-state index contributed by atoms with van der Waals surface area (Å²) in [6.45, 7) is 5.57. The molecule has 1 amide bonds. The van der Waals surface area contributed by atoms with Crippen molar-refractivity contribution in [2.75, 3.05) is 18.6 Å². The molecule has 1 N–H and O–H groups in total. The third kappa shape index (κ3) is 4.43. The fraction of sp³-hybridized carbons (Fsp3) is 0.154. The predicted octanol–water partition coefficient (Wildman–Crippen LogP) is 3.96. The molecule has 9 heteroatoms. The first-order valence-corrected chi connectivity index (χ1v) is 10.6. The smallest absolute Gasteiger partial charge is 0.337 e. The Kier molecular flexibility index (Phi) is 6.50. The average Bonchev–Trinajstić information content (AvgIpc) is 3.42. The number of esters is 1. The molecule has 1 atom stereocenters. The van der Waals surface area contributed by atoms with Gasteiger partial charge in [0.05, 0.1) is 24.3 Å². The van der Waals surface area contributed by atoms with Crippen LogP contribution in [0.15, 0.2) is 77.3 Å². The largest absolute Gasteiger partial charge is 0.507 e. The molecule has 1 unspecified atom stereocenters. The van der Waals surface area contributed by atoms with Crippen molar-refractivity contribution >= 4 is 29.2 Å². The Balaban J connectivity index is 1.83. The zero-order valence-corrected chi connectivity index (χ0v) is 19.1. The fourth-order valence-electron chi connectivity index (χ4n) is 3.79. The number of rotatable bonds is 7. The van der Waals surface area contributed by atoms with Crippen molar-refractivity contribution in [2.24, 2.45) is 0 Å². The van der Waals surface area contributed by atoms with Gasteiger partial charge in [-0.25, -0.2) is 4.79 Å². The van der Waals surface area contributed by atoms with Crippen molar-refractivity contribution in [2.45, 2.75) is 13.0 Å². The topological polar surface area (TPSA) is 119 Å². The van der Waals surface area contributed by atoms with Gasteiger partial charge in [-0.3, -0.25) is 14.5 Å². The summed E-state index contributed by atoms with van der Waals surface area (Å²) in [4.78, 5) is 39.3. The summed E-state index contributed by atoms with van der Waals surface area (Å²) in [6.07, 6.45) is 1.60. The highest BCUT2D eigenvalue weighted by Crippen LogP contribution is 2.42. The van der Waals surface area contributed by atoms with E-state index in [1.807, 2.05) is 0 Å². The molecule has 9 nitrogen and oxygen atoms in total. The minimum Gasteiger partial charge on any atom is -0.507 e. The quantitative estimate of drug-likeness (QED) is 0.180. The number of nitrogens with zero attached hydrogens (tertiary/aromatic N) is 2. The number of hydrogen-bond acceptors (Lipinski definition) is 8. The average molecular weight is 474 g/mol. The van der Waals surface area contributed by atoms with Gasteiger partial charge in [-0.1, -0.05) is 29.9 Å². The molecule has 2 heterocycles. The number of aliphatic hydroxyl groups excluding tert-OH is 1. The lowest BCUT2D eigenvalue weighted by atomic mass is 9.94. The van der Waals surface area contributed by atoms with Gasteiger partial charge in [0.25, 0.3) is 5.78 Å². The number of ether oxygens (including phenoxy) is 2. The van der Waals surface area contributed by atoms with Crippen LogP contribution in [0, 0.1) is 6.92 Å². The van der Waals surface area contributed by atoms with E-state index in [1.165, 1.54) is 30.2 Å². The lowest BCUT2D eigenvalue weighted by Crippen LogP contribution is -2.29. The molecule has 1 saturated heterocycles. The zero-order chi connectivity index (χ0) is 25.1. The number of amides is 1. The third-order valence-electron chi connectivity index (χ3n) is 5.45. The molecule has 0 aliphatic carbocycles. The molecular formula is C26H22N2O7. The first kappa shape index (κ1) is 23.5. The molecule has 178 valence electrons. The first-order valence-electron chi connectivity index (χ1n) is 10.6. The maximum atomic E-state index is 13.1. The van der Waals surface area contributed by atoms with E-state index in [1.54, 1.807) is 49.4 Å². The van der Waals surface area contributed by atoms with Crippen LogP contribution in [0.5, 0.6) is 5.75 Å². The van der Waals surface area contributed by atoms with Gasteiger partial charge in [0.2, 0.25) is 0 Å². The summed E-state index contributed by atoms with van der Waals surface area (Å²) >= 11 is 0. The van der Waals surface area contributed by atoms with Gasteiger partial charge in [-0.15, -0.1) is 0 Å². The highest BCUT2D eigenvalue weighted by Gasteiger charge is 2.48. The van der Waals surface area contributed by atoms with E-state index in [4.69, 9.17) is 14.0 Å². The van der Waals surface area contributed by atoms with E-state index in [0.717, 1.165) is 0 Å². The molecule has 0 spiro atoms. The zero-order valence-electron chi connectivity index (χ0n) is 19.1. The van der Waals surface area contributed by atoms with Crippen LogP contribution in [0.4, 0.5) is 5.82 Å². The highest BCUT2D eigenvalue weighted by molar-refractivity contribution is 6.51. The van der Waals surface area contributed by atoms with Gasteiger partial charge in [-0.2, -0.15) is 0 Å². The summed E-state index contributed by atoms with van der Waals surface area (Å²) in [5, 5.41) is 15.1. The molecule has 1 aliphatic heterocycles. The lowest BCUT2D eigenvalue weighted by Gasteiger charge is -2.23. The van der Waals surface area contributed by atoms with Crippen LogP contribution in [0.3, 0.4) is 0 Å². The Morgan fingerprint density at radius 2 is 1.80 bits per heavy atom. The van der Waals surface area contributed by atoms with Crippen molar-refractivity contribution in [3.8, 4) is 5.75 Å². The number of aryl methyl sites for hydroxylation is 1. The summed E-state index contributed by atoms with van der Waals surface area (Å²) in [7, 11) is 1.27. The first-order chi connectivity index (χ1) is 16.8. The molecule has 1 aliphatic rings. The summed E-state index contributed by atoms with van der Waals surface area (Å²) < 4.78 is 15.3. The molecule has 2 aromatic carbocycles. The Labute approximate surface area is 200 Å². The van der Waals surface area contributed by atoms with Crippen LogP contribution in [-0.2, 0) is 14.3 Å². The summed E-state index contributed by atoms with van der Waals surface area (Å²) in [5.41, 5.74) is 0.966. The number of carbonyl (C=O) groups excluding carboxylic acids is 3. The Bertz CT molecular complexity index is 1320. The Morgan fingerprint density at radius 1 is 1.14 bits per heavy atom. The summed E-state index contributed by atoms with van der Waals surface area (Å²) in [5.74, 6) is -1.52. The third-order valence-corrected chi connectivity index (χ3v) is 5.45. The molecule has 1 fully saturated rings. The fourth-order valence-corrected chi connectivity index (χ4v) is 3.79. The van der Waals surface area contributed by atoms with Crippen molar-refractivity contribution in [3.63, 3.8) is 0 Å². The maximum absolute atomic E-state index is 13.1. The van der Waals surface area contributed by atoms with Crippen molar-refractivity contribution in [3.05, 3.63) is 95.3 Å². The SMILES string of the molecule is C=CCOc1ccc(C(O)=C2C(=O)C(=O)N(c3cc(C)on3)C2c2ccc(C(=O)OC)cc2)cc1. The maximum Gasteiger partial charge on any atom is 0.337 e. The number of carbonyl (C=O) groups is 3. The van der Waals surface area contributed by atoms with E-state index in [0.29, 0.717) is 34.8 Å². The standard InChI is InChI=1S/C26H22N2O7/c1-4-13-34-19-11-9-17(10-12-19)23(29)21-22(16-5-7-18(8-6-16)26(32)33-3)28(25(31)24(21)30)20-14-15(2)35-27-20/h4-12,14,22,29H,1,13H2,2-3H3. The van der Waals surface area contributed by atoms with Gasteiger partial charge in [0, 0.05) is 11.6 Å². The van der Waals surface area contributed by atoms with Crippen molar-refractivity contribution in [1.82, 2.24) is 5.16 Å². The minimum atomic E-state index is -1.01. The monoisotopic (exact) mass is 474 g/mol. The van der Waals surface area contributed by atoms with Crippen LogP contribution in [0.1, 0.15) is 33.3 Å². The number of methoxy groups -OCH3 is 1. The van der Waals surface area contributed by atoms with Crippen LogP contribution in [-0.4, -0.2) is 41.6 Å². The normalized spacial score (nSPS) is 16.9. The highest BCUT2D eigenvalue weighted by atomic mass is 16.5. The molecule has 0 radical (unpaired) electrons. The lowest BCUT2D eigenvalue weighted by molar-refractivity contribution is -0.132. The molecule has 0 saturated carbocycles. The molecular weight excluding hydrogens is 452 g/mol. The molecule has 0 bridgehead atoms. The van der Waals surface area contributed by atoms with E-state index < -0.39 is 23.7 Å². The number of aromatic nitrogens is 1. The number of hydrogen-bond donors (Lipinski definition) is 1. The molecule has 35 heavy (non-hydrogen) atoms. The second-order valence-electron chi connectivity index (χ2n) is 7.70. The van der Waals surface area contributed by atoms with Crippen molar-refractivity contribution < 1.29 is 33.5 Å². The van der Waals surface area contributed by atoms with E-state index >= 15 is 0 Å². The van der Waals surface area contributed by atoms with Gasteiger partial charge in [-0.05, 0) is 48.9 Å². The van der Waals surface area contributed by atoms with Gasteiger partial charge in [0.15, 0.2) is 5.82 Å². The summed E-state index contributed by atoms with van der Waals surface area (Å²) in [6, 6.07) is 13.1. The number of Topliss-reactive ketones (excluding diaryl/α,β-unsaturated/α-hetero) is 1. The Hall–Kier alpha value is -4.66. The van der Waals surface area contributed by atoms with Gasteiger partial charge < -0.3 is 19.1 Å². The van der Waals surface area contributed by atoms with Gasteiger partial charge in [0.1, 0.15) is 23.9 Å². The van der Waals surface area contributed by atoms with Crippen molar-refractivity contribution in [1.29, 1.82) is 0 Å². The van der Waals surface area contributed by atoms with E-state index in [-0.39, 0.29) is 17.2 Å². The van der Waals surface area contributed by atoms with Crippen LogP contribution >= 0.6 is 0 Å². The number of anilines is 1. The van der Waals surface area contributed by atoms with Gasteiger partial charge >= 0.3 is 11.9 Å². The Morgan fingerprint density at radius 3 is 2.37 bits per heavy atom. The minimum absolute atomic E-state index is 0.124. The molecule has 4 rings (SSSR count). The van der Waals surface area contributed by atoms with Crippen LogP contribution in [0.25, 0.3) is 5.76 Å². The van der Waals surface area contributed by atoms with Crippen LogP contribution in [0.2, 0.25) is 0 Å². The second-order valence-corrected chi connectivity index (χ2v) is 7.70. The van der Waals surface area contributed by atoms with E-state index in [2.05, 4.69) is 11.7 Å². The molecule has 1 aromatic heterocycles. The van der Waals surface area contributed by atoms with Crippen LogP contribution < -0.4 is 9.64 Å². The molecule has 3 aromatic rings. The number of aliphatic hydroxyl groups is 1. The number of benzene rings is 2. The number of ketones is 1. The second kappa shape index (κ2) is 9.68. The predicted molar refractivity (Wildman–Crippen MR) is 126 cm³/mol.